The molecule has 4 rings (SSSR count). The maximum absolute atomic E-state index is 13.5. The Balaban J connectivity index is 0.00000484. The van der Waals surface area contributed by atoms with Gasteiger partial charge in [0.2, 0.25) is 5.69 Å². The number of benzene rings is 2. The third kappa shape index (κ3) is 6.93. The van der Waals surface area contributed by atoms with Crippen molar-refractivity contribution < 1.29 is 48.0 Å². The average Bonchev–Trinajstić information content (AvgIpc) is 3.11. The Morgan fingerprint density at radius 3 is 2.19 bits per heavy atom. The quantitative estimate of drug-likeness (QED) is 0.374. The molecule has 0 unspecified atom stereocenters. The summed E-state index contributed by atoms with van der Waals surface area (Å²) in [6.45, 7) is 17.7. The molecule has 0 saturated carbocycles. The van der Waals surface area contributed by atoms with Gasteiger partial charge in [-0.25, -0.2) is 4.79 Å². The molecule has 1 saturated heterocycles. The predicted molar refractivity (Wildman–Crippen MR) is 165 cm³/mol. The number of carbonyl (C=O) groups excluding carboxylic acids is 2. The van der Waals surface area contributed by atoms with Crippen molar-refractivity contribution >= 4 is 35.2 Å². The Kier molecular flexibility index (Phi) is 10.4. The van der Waals surface area contributed by atoms with Crippen molar-refractivity contribution in [1.82, 2.24) is 9.80 Å². The molecule has 0 atom stereocenters. The number of phenolic OH excluding ortho intramolecular Hbond substituents is 1. The molecule has 2 heterocycles. The zero-order valence-corrected chi connectivity index (χ0v) is 28.4. The van der Waals surface area contributed by atoms with Gasteiger partial charge in [0.25, 0.3) is 5.91 Å². The van der Waals surface area contributed by atoms with Crippen molar-refractivity contribution in [3.8, 4) is 5.75 Å². The summed E-state index contributed by atoms with van der Waals surface area (Å²) in [5, 5.41) is 10.7. The van der Waals surface area contributed by atoms with Gasteiger partial charge in [-0.3, -0.25) is 4.79 Å². The van der Waals surface area contributed by atoms with Gasteiger partial charge in [0.1, 0.15) is 18.4 Å². The molecule has 1 fully saturated rings. The van der Waals surface area contributed by atoms with E-state index in [9.17, 15) is 14.7 Å². The monoisotopic (exact) mass is 688 g/mol. The lowest BCUT2D eigenvalue weighted by Gasteiger charge is -2.35. The average molecular weight is 689 g/mol. The number of fused-ring (bicyclic) bond motifs is 1. The molecule has 2 aromatic rings. The van der Waals surface area contributed by atoms with E-state index in [0.29, 0.717) is 31.7 Å². The fourth-order valence-corrected chi connectivity index (χ4v) is 5.70. The molecular weight excluding hydrogens is 643 g/mol. The summed E-state index contributed by atoms with van der Waals surface area (Å²) in [7, 11) is 2.04. The highest BCUT2D eigenvalue weighted by molar-refractivity contribution is 6.06. The highest BCUT2D eigenvalue weighted by atomic mass is 127. The second-order valence-corrected chi connectivity index (χ2v) is 12.3. The second-order valence-electron chi connectivity index (χ2n) is 12.3. The molecule has 0 aromatic heterocycles. The minimum Gasteiger partial charge on any atom is -1.00 e. The van der Waals surface area contributed by atoms with Crippen LogP contribution in [0.1, 0.15) is 70.0 Å². The molecule has 0 spiro atoms. The summed E-state index contributed by atoms with van der Waals surface area (Å²) in [4.78, 5) is 31.6. The Labute approximate surface area is 267 Å². The first-order valence-electron chi connectivity index (χ1n) is 14.6. The minimum atomic E-state index is -0.546. The van der Waals surface area contributed by atoms with E-state index in [-0.39, 0.29) is 47.1 Å². The molecule has 0 radical (unpaired) electrons. The van der Waals surface area contributed by atoms with Gasteiger partial charge in [-0.2, -0.15) is 4.58 Å². The molecular formula is C33H45IN4O4. The van der Waals surface area contributed by atoms with Crippen LogP contribution in [-0.4, -0.2) is 89.1 Å². The first-order valence-corrected chi connectivity index (χ1v) is 14.6. The van der Waals surface area contributed by atoms with E-state index in [1.165, 1.54) is 0 Å². The summed E-state index contributed by atoms with van der Waals surface area (Å²) in [5.74, 6) is 0.221. The van der Waals surface area contributed by atoms with E-state index in [4.69, 9.17) is 4.74 Å². The predicted octanol–water partition coefficient (Wildman–Crippen LogP) is 2.65. The topological polar surface area (TPSA) is 76.3 Å². The van der Waals surface area contributed by atoms with Crippen LogP contribution >= 0.6 is 0 Å². The van der Waals surface area contributed by atoms with Crippen molar-refractivity contribution in [3.63, 3.8) is 0 Å². The highest BCUT2D eigenvalue weighted by Crippen LogP contribution is 2.40. The number of hydrogen-bond donors (Lipinski definition) is 1. The number of anilines is 1. The number of halogens is 1. The first kappa shape index (κ1) is 33.4. The number of aromatic hydroxyl groups is 1. The fourth-order valence-electron chi connectivity index (χ4n) is 5.70. The molecule has 2 aliphatic heterocycles. The molecule has 0 bridgehead atoms. The molecule has 8 nitrogen and oxygen atoms in total. The van der Waals surface area contributed by atoms with Crippen LogP contribution in [0.3, 0.4) is 0 Å². The fraction of sp³-hybridized carbons (Fsp3) is 0.485. The van der Waals surface area contributed by atoms with Crippen LogP contribution < -0.4 is 28.9 Å². The van der Waals surface area contributed by atoms with Gasteiger partial charge >= 0.3 is 6.09 Å². The lowest BCUT2D eigenvalue weighted by atomic mass is 9.80. The van der Waals surface area contributed by atoms with Gasteiger partial charge < -0.3 is 48.5 Å². The largest absolute Gasteiger partial charge is 1.00 e. The van der Waals surface area contributed by atoms with Crippen molar-refractivity contribution in [2.75, 3.05) is 51.2 Å². The SMILES string of the molecule is CCN(CC)c1ccc(C=CC2=[N+](C)c3ccc(C(=O)N4CCN(C(=O)OC(C)(C)C)CC4)cc3C2(C)C)c(O)c1.[I-]. The van der Waals surface area contributed by atoms with E-state index in [1.54, 1.807) is 4.90 Å². The number of amides is 2. The van der Waals surface area contributed by atoms with Crippen molar-refractivity contribution in [1.29, 1.82) is 0 Å². The Hall–Kier alpha value is -3.08. The van der Waals surface area contributed by atoms with Gasteiger partial charge in [0.05, 0.1) is 5.41 Å². The molecule has 2 amide bonds. The van der Waals surface area contributed by atoms with Crippen molar-refractivity contribution in [2.24, 2.45) is 0 Å². The van der Waals surface area contributed by atoms with Gasteiger partial charge in [0.15, 0.2) is 5.71 Å². The lowest BCUT2D eigenvalue weighted by molar-refractivity contribution is -0.401. The van der Waals surface area contributed by atoms with Gasteiger partial charge in [0, 0.05) is 79.9 Å². The third-order valence-corrected chi connectivity index (χ3v) is 8.06. The smallest absolute Gasteiger partial charge is 0.410 e. The molecule has 2 aromatic carbocycles. The number of carbonyl (C=O) groups is 2. The zero-order valence-electron chi connectivity index (χ0n) is 26.2. The second kappa shape index (κ2) is 13.1. The number of rotatable bonds is 6. The number of ether oxygens (including phenoxy) is 1. The van der Waals surface area contributed by atoms with E-state index in [2.05, 4.69) is 43.2 Å². The van der Waals surface area contributed by atoms with Crippen LogP contribution in [0.15, 0.2) is 42.5 Å². The first-order chi connectivity index (χ1) is 19.3. The summed E-state index contributed by atoms with van der Waals surface area (Å²) in [6, 6.07) is 11.7. The van der Waals surface area contributed by atoms with Gasteiger partial charge in [-0.05, 0) is 78.8 Å². The van der Waals surface area contributed by atoms with Gasteiger partial charge in [-0.15, -0.1) is 0 Å². The standard InChI is InChI=1S/C33H44N4O4.HI/c1-9-35(10-2)25-14-11-23(28(38)22-25)13-16-29-33(6,7)26-21-24(12-15-27(26)34(29)8)30(39)36-17-19-37(20-18-36)31(40)41-32(3,4)5;/h11-16,21-22H,9-10,17-20H2,1-8H3;1H. The highest BCUT2D eigenvalue weighted by Gasteiger charge is 2.43. The number of hydrogen-bond acceptors (Lipinski definition) is 5. The summed E-state index contributed by atoms with van der Waals surface area (Å²) >= 11 is 0. The normalized spacial score (nSPS) is 16.4. The molecule has 42 heavy (non-hydrogen) atoms. The molecule has 1 N–H and O–H groups in total. The Bertz CT molecular complexity index is 1380. The Morgan fingerprint density at radius 1 is 1.00 bits per heavy atom. The maximum atomic E-state index is 13.5. The molecule has 9 heteroatoms. The van der Waals surface area contributed by atoms with Crippen LogP contribution in [0.5, 0.6) is 5.75 Å². The number of allylic oxidation sites excluding steroid dienone is 1. The van der Waals surface area contributed by atoms with Crippen molar-refractivity contribution in [2.45, 2.75) is 59.5 Å². The van der Waals surface area contributed by atoms with Crippen LogP contribution in [-0.2, 0) is 10.2 Å². The van der Waals surface area contributed by atoms with E-state index in [1.807, 2.05) is 75.2 Å². The number of nitrogens with zero attached hydrogens (tertiary/aromatic N) is 4. The molecule has 0 aliphatic carbocycles. The van der Waals surface area contributed by atoms with Crippen LogP contribution in [0, 0.1) is 0 Å². The lowest BCUT2D eigenvalue weighted by Crippen LogP contribution is -3.00. The summed E-state index contributed by atoms with van der Waals surface area (Å²) < 4.78 is 7.64. The van der Waals surface area contributed by atoms with Crippen LogP contribution in [0.2, 0.25) is 0 Å². The van der Waals surface area contributed by atoms with E-state index >= 15 is 0 Å². The van der Waals surface area contributed by atoms with Crippen LogP contribution in [0.4, 0.5) is 16.2 Å². The zero-order chi connectivity index (χ0) is 30.1. The molecule has 228 valence electrons. The number of phenols is 1. The van der Waals surface area contributed by atoms with Gasteiger partial charge in [-0.1, -0.05) is 0 Å². The third-order valence-electron chi connectivity index (χ3n) is 8.06. The van der Waals surface area contributed by atoms with E-state index in [0.717, 1.165) is 41.3 Å². The summed E-state index contributed by atoms with van der Waals surface area (Å²) in [6.07, 6.45) is 3.68. The van der Waals surface area contributed by atoms with E-state index < -0.39 is 5.60 Å². The number of piperazine rings is 1. The van der Waals surface area contributed by atoms with Crippen molar-refractivity contribution in [3.05, 3.63) is 59.2 Å². The van der Waals surface area contributed by atoms with Crippen LogP contribution in [0.25, 0.3) is 6.08 Å². The Morgan fingerprint density at radius 2 is 1.62 bits per heavy atom. The summed E-state index contributed by atoms with van der Waals surface area (Å²) in [5.41, 5.74) is 4.74. The molecule has 2 aliphatic rings. The minimum absolute atomic E-state index is 0. The maximum Gasteiger partial charge on any atom is 0.410 e.